The van der Waals surface area contributed by atoms with Crippen LogP contribution >= 0.6 is 0 Å². The fourth-order valence-electron chi connectivity index (χ4n) is 2.15. The van der Waals surface area contributed by atoms with Crippen LogP contribution < -0.4 is 10.4 Å². The van der Waals surface area contributed by atoms with Gasteiger partial charge in [-0.25, -0.2) is 0 Å². The molecular weight excluding hydrogens is 252 g/mol. The Bertz CT molecular complexity index is 709. The van der Waals surface area contributed by atoms with Gasteiger partial charge in [0.05, 0.1) is 0 Å². The van der Waals surface area contributed by atoms with Gasteiger partial charge in [-0.1, -0.05) is 68.7 Å². The van der Waals surface area contributed by atoms with E-state index in [0.29, 0.717) is 0 Å². The Hall–Kier alpha value is -2.08. The molecule has 0 unspecified atom stereocenters. The van der Waals surface area contributed by atoms with Crippen LogP contribution in [0.2, 0.25) is 0 Å². The number of allylic oxidation sites excluding steroid dienone is 6. The van der Waals surface area contributed by atoms with Crippen molar-refractivity contribution >= 4 is 12.2 Å². The Morgan fingerprint density at radius 2 is 1.81 bits per heavy atom. The van der Waals surface area contributed by atoms with Crippen molar-refractivity contribution in [3.05, 3.63) is 82.3 Å². The first-order chi connectivity index (χ1) is 9.88. The smallest absolute Gasteiger partial charge is 0.0158 e. The van der Waals surface area contributed by atoms with Crippen LogP contribution in [0.5, 0.6) is 0 Å². The SMILES string of the molecule is C=C/C(C)=C/C(=C)/C(C)=C/C(C)=c1/cc(CC)ccc1=C. The van der Waals surface area contributed by atoms with E-state index in [-0.39, 0.29) is 0 Å². The standard InChI is InChI=1S/C21H26/c1-8-15(3)12-17(5)18(6)13-19(7)21-14-20(9-2)11-10-16(21)4/h8,10-14H,1,4-5,9H2,2-3,6-7H3/b15-12+,18-13+,21-19-. The molecule has 0 bridgehead atoms. The minimum Gasteiger partial charge on any atom is -0.0988 e. The van der Waals surface area contributed by atoms with Gasteiger partial charge < -0.3 is 0 Å². The molecule has 1 aromatic carbocycles. The fraction of sp³-hybridized carbons (Fsp3) is 0.238. The van der Waals surface area contributed by atoms with Gasteiger partial charge in [0.1, 0.15) is 0 Å². The third kappa shape index (κ3) is 4.75. The molecule has 0 atom stereocenters. The Kier molecular flexibility index (Phi) is 6.17. The van der Waals surface area contributed by atoms with Gasteiger partial charge in [0.2, 0.25) is 0 Å². The highest BCUT2D eigenvalue weighted by molar-refractivity contribution is 5.59. The largest absolute Gasteiger partial charge is 0.0988 e. The van der Waals surface area contributed by atoms with Crippen molar-refractivity contribution in [2.45, 2.75) is 34.1 Å². The molecule has 0 nitrogen and oxygen atoms in total. The van der Waals surface area contributed by atoms with E-state index in [2.05, 4.69) is 70.9 Å². The summed E-state index contributed by atoms with van der Waals surface area (Å²) in [5, 5.41) is 2.28. The van der Waals surface area contributed by atoms with Crippen molar-refractivity contribution in [2.24, 2.45) is 0 Å². The molecule has 0 aliphatic rings. The van der Waals surface area contributed by atoms with E-state index < -0.39 is 0 Å². The van der Waals surface area contributed by atoms with Crippen molar-refractivity contribution in [2.75, 3.05) is 0 Å². The molecule has 0 aliphatic heterocycles. The van der Waals surface area contributed by atoms with Crippen LogP contribution in [-0.4, -0.2) is 0 Å². The molecule has 0 N–H and O–H groups in total. The Labute approximate surface area is 129 Å². The first kappa shape index (κ1) is 17.0. The molecule has 0 saturated carbocycles. The number of aryl methyl sites for hydroxylation is 1. The second-order valence-electron chi connectivity index (χ2n) is 5.47. The van der Waals surface area contributed by atoms with Crippen molar-refractivity contribution < 1.29 is 0 Å². The summed E-state index contributed by atoms with van der Waals surface area (Å²) < 4.78 is 0. The van der Waals surface area contributed by atoms with E-state index in [9.17, 15) is 0 Å². The molecule has 0 spiro atoms. The quantitative estimate of drug-likeness (QED) is 0.697. The van der Waals surface area contributed by atoms with E-state index in [1.807, 2.05) is 13.0 Å². The van der Waals surface area contributed by atoms with Crippen LogP contribution in [0.25, 0.3) is 12.2 Å². The Morgan fingerprint density at radius 3 is 2.38 bits per heavy atom. The van der Waals surface area contributed by atoms with E-state index >= 15 is 0 Å². The van der Waals surface area contributed by atoms with Gasteiger partial charge in [-0.05, 0) is 59.9 Å². The van der Waals surface area contributed by atoms with Gasteiger partial charge in [0.25, 0.3) is 0 Å². The molecule has 110 valence electrons. The molecule has 21 heavy (non-hydrogen) atoms. The molecule has 0 aliphatic carbocycles. The predicted molar refractivity (Wildman–Crippen MR) is 96.5 cm³/mol. The molecule has 0 radical (unpaired) electrons. The maximum Gasteiger partial charge on any atom is -0.0158 e. The molecule has 1 rings (SSSR count). The second kappa shape index (κ2) is 7.64. The Balaban J connectivity index is 3.31. The topological polar surface area (TPSA) is 0 Å². The highest BCUT2D eigenvalue weighted by atomic mass is 14.0. The molecular formula is C21H26. The van der Waals surface area contributed by atoms with E-state index in [1.165, 1.54) is 16.4 Å². The van der Waals surface area contributed by atoms with E-state index in [0.717, 1.165) is 28.4 Å². The van der Waals surface area contributed by atoms with Crippen LogP contribution in [0.15, 0.2) is 66.3 Å². The Morgan fingerprint density at radius 1 is 1.14 bits per heavy atom. The zero-order chi connectivity index (χ0) is 16.0. The number of rotatable bonds is 5. The third-order valence-electron chi connectivity index (χ3n) is 3.67. The summed E-state index contributed by atoms with van der Waals surface area (Å²) in [7, 11) is 0. The normalized spacial score (nSPS) is 13.9. The van der Waals surface area contributed by atoms with Crippen LogP contribution in [0.3, 0.4) is 0 Å². The summed E-state index contributed by atoms with van der Waals surface area (Å²) in [6, 6.07) is 6.47. The third-order valence-corrected chi connectivity index (χ3v) is 3.67. The van der Waals surface area contributed by atoms with Gasteiger partial charge in [0, 0.05) is 0 Å². The van der Waals surface area contributed by atoms with Crippen molar-refractivity contribution in [3.8, 4) is 0 Å². The maximum atomic E-state index is 4.13. The first-order valence-electron chi connectivity index (χ1n) is 7.36. The van der Waals surface area contributed by atoms with Gasteiger partial charge in [-0.15, -0.1) is 0 Å². The van der Waals surface area contributed by atoms with Crippen LogP contribution in [0, 0.1) is 0 Å². The molecule has 0 heteroatoms. The summed E-state index contributed by atoms with van der Waals surface area (Å²) in [4.78, 5) is 0. The van der Waals surface area contributed by atoms with E-state index in [4.69, 9.17) is 0 Å². The minimum absolute atomic E-state index is 1.02. The maximum absolute atomic E-state index is 4.13. The van der Waals surface area contributed by atoms with Crippen LogP contribution in [0.4, 0.5) is 0 Å². The molecule has 0 fully saturated rings. The number of benzene rings is 1. The molecule has 1 aromatic rings. The summed E-state index contributed by atoms with van der Waals surface area (Å²) in [6.07, 6.45) is 7.11. The lowest BCUT2D eigenvalue weighted by atomic mass is 10.0. The van der Waals surface area contributed by atoms with Crippen molar-refractivity contribution in [3.63, 3.8) is 0 Å². The summed E-state index contributed by atoms with van der Waals surface area (Å²) >= 11 is 0. The predicted octanol–water partition coefficient (Wildman–Crippen LogP) is 4.46. The van der Waals surface area contributed by atoms with E-state index in [1.54, 1.807) is 0 Å². The first-order valence-corrected chi connectivity index (χ1v) is 7.36. The van der Waals surface area contributed by atoms with Gasteiger partial charge in [-0.3, -0.25) is 0 Å². The minimum atomic E-state index is 1.02. The van der Waals surface area contributed by atoms with Crippen LogP contribution in [-0.2, 0) is 6.42 Å². The average Bonchev–Trinajstić information content (AvgIpc) is 2.47. The highest BCUT2D eigenvalue weighted by Gasteiger charge is 1.97. The lowest BCUT2D eigenvalue weighted by Crippen LogP contribution is -2.25. The molecule has 0 amide bonds. The molecule has 0 heterocycles. The van der Waals surface area contributed by atoms with Crippen LogP contribution in [0.1, 0.15) is 33.3 Å². The number of hydrogen-bond donors (Lipinski definition) is 0. The molecule has 0 saturated heterocycles. The lowest BCUT2D eigenvalue weighted by molar-refractivity contribution is 1.13. The van der Waals surface area contributed by atoms with Gasteiger partial charge in [0.15, 0.2) is 0 Å². The fourth-order valence-corrected chi connectivity index (χ4v) is 2.15. The summed E-state index contributed by atoms with van der Waals surface area (Å²) in [6.45, 7) is 20.4. The molecule has 0 aromatic heterocycles. The zero-order valence-electron chi connectivity index (χ0n) is 13.8. The number of hydrogen-bond acceptors (Lipinski definition) is 0. The highest BCUT2D eigenvalue weighted by Crippen LogP contribution is 2.13. The zero-order valence-corrected chi connectivity index (χ0v) is 13.8. The lowest BCUT2D eigenvalue weighted by Gasteiger charge is -2.04. The monoisotopic (exact) mass is 278 g/mol. The average molecular weight is 278 g/mol. The van der Waals surface area contributed by atoms with Gasteiger partial charge >= 0.3 is 0 Å². The summed E-state index contributed by atoms with van der Waals surface area (Å²) in [5.74, 6) is 0. The van der Waals surface area contributed by atoms with Gasteiger partial charge in [-0.2, -0.15) is 0 Å². The van der Waals surface area contributed by atoms with Crippen molar-refractivity contribution in [1.82, 2.24) is 0 Å². The summed E-state index contributed by atoms with van der Waals surface area (Å²) in [5.41, 5.74) is 5.86. The van der Waals surface area contributed by atoms with Crippen molar-refractivity contribution in [1.29, 1.82) is 0 Å². The second-order valence-corrected chi connectivity index (χ2v) is 5.47.